The molecule has 0 aromatic carbocycles. The summed E-state index contributed by atoms with van der Waals surface area (Å²) in [6.07, 6.45) is 5.02. The third kappa shape index (κ3) is 3.90. The van der Waals surface area contributed by atoms with Crippen LogP contribution >= 0.6 is 0 Å². The van der Waals surface area contributed by atoms with Crippen LogP contribution in [0.5, 0.6) is 0 Å². The van der Waals surface area contributed by atoms with E-state index in [4.69, 9.17) is 0 Å². The van der Waals surface area contributed by atoms with E-state index in [1.165, 1.54) is 19.5 Å². The molecule has 0 bridgehead atoms. The van der Waals surface area contributed by atoms with Gasteiger partial charge in [-0.25, -0.2) is 4.98 Å². The van der Waals surface area contributed by atoms with Crippen LogP contribution < -0.4 is 5.32 Å². The van der Waals surface area contributed by atoms with Crippen molar-refractivity contribution in [3.63, 3.8) is 0 Å². The van der Waals surface area contributed by atoms with Crippen molar-refractivity contribution in [2.75, 3.05) is 25.0 Å². The van der Waals surface area contributed by atoms with Crippen LogP contribution in [0.25, 0.3) is 0 Å². The monoisotopic (exact) mass is 262 g/mol. The van der Waals surface area contributed by atoms with E-state index in [-0.39, 0.29) is 0 Å². The Balaban J connectivity index is 1.88. The van der Waals surface area contributed by atoms with Gasteiger partial charge in [0.2, 0.25) is 0 Å². The molecule has 0 aliphatic carbocycles. The molecule has 19 heavy (non-hydrogen) atoms. The van der Waals surface area contributed by atoms with E-state index < -0.39 is 0 Å². The Morgan fingerprint density at radius 1 is 1.32 bits per heavy atom. The van der Waals surface area contributed by atoms with Gasteiger partial charge in [-0.2, -0.15) is 0 Å². The zero-order valence-electron chi connectivity index (χ0n) is 12.6. The van der Waals surface area contributed by atoms with Gasteiger partial charge in [-0.1, -0.05) is 20.8 Å². The van der Waals surface area contributed by atoms with Gasteiger partial charge in [-0.15, -0.1) is 0 Å². The molecule has 0 amide bonds. The molecule has 1 aromatic rings. The molecular weight excluding hydrogens is 236 g/mol. The molecule has 1 unspecified atom stereocenters. The van der Waals surface area contributed by atoms with Crippen molar-refractivity contribution in [1.29, 1.82) is 0 Å². The average Bonchev–Trinajstić information content (AvgIpc) is 2.80. The Morgan fingerprint density at radius 2 is 2.11 bits per heavy atom. The van der Waals surface area contributed by atoms with Gasteiger partial charge in [-0.3, -0.25) is 9.88 Å². The van der Waals surface area contributed by atoms with Crippen LogP contribution in [0.1, 0.15) is 39.8 Å². The summed E-state index contributed by atoms with van der Waals surface area (Å²) < 4.78 is 0. The van der Waals surface area contributed by atoms with E-state index in [1.54, 1.807) is 0 Å². The highest BCUT2D eigenvalue weighted by Crippen LogP contribution is 2.33. The molecule has 1 saturated heterocycles. The lowest BCUT2D eigenvalue weighted by Crippen LogP contribution is -2.26. The summed E-state index contributed by atoms with van der Waals surface area (Å²) in [7, 11) is 0. The molecule has 1 fully saturated rings. The molecule has 1 atom stereocenters. The van der Waals surface area contributed by atoms with Crippen molar-refractivity contribution in [3.8, 4) is 0 Å². The van der Waals surface area contributed by atoms with Gasteiger partial charge in [0.15, 0.2) is 0 Å². The number of anilines is 1. The van der Waals surface area contributed by atoms with Crippen molar-refractivity contribution >= 4 is 5.82 Å². The van der Waals surface area contributed by atoms with Crippen LogP contribution in [0.3, 0.4) is 0 Å². The molecule has 4 nitrogen and oxygen atoms in total. The first-order valence-corrected chi connectivity index (χ1v) is 7.26. The molecular formula is C15H26N4. The third-order valence-electron chi connectivity index (χ3n) is 3.95. The van der Waals surface area contributed by atoms with Crippen LogP contribution in [-0.4, -0.2) is 34.5 Å². The summed E-state index contributed by atoms with van der Waals surface area (Å²) >= 11 is 0. The summed E-state index contributed by atoms with van der Waals surface area (Å²) in [4.78, 5) is 11.4. The predicted octanol–water partition coefficient (Wildman–Crippen LogP) is 2.78. The van der Waals surface area contributed by atoms with Gasteiger partial charge in [0, 0.05) is 19.6 Å². The summed E-state index contributed by atoms with van der Waals surface area (Å²) in [5, 5.41) is 3.17. The second-order valence-corrected chi connectivity index (χ2v) is 6.51. The zero-order valence-corrected chi connectivity index (χ0v) is 12.6. The van der Waals surface area contributed by atoms with Gasteiger partial charge >= 0.3 is 0 Å². The average molecular weight is 262 g/mol. The van der Waals surface area contributed by atoms with Gasteiger partial charge < -0.3 is 5.32 Å². The van der Waals surface area contributed by atoms with Crippen molar-refractivity contribution in [2.45, 2.75) is 40.7 Å². The smallest absolute Gasteiger partial charge is 0.144 e. The van der Waals surface area contributed by atoms with E-state index in [9.17, 15) is 0 Å². The fourth-order valence-corrected chi connectivity index (χ4v) is 2.62. The molecule has 1 aliphatic heterocycles. The molecule has 4 heteroatoms. The van der Waals surface area contributed by atoms with Crippen molar-refractivity contribution in [3.05, 3.63) is 18.1 Å². The Labute approximate surface area is 116 Å². The number of aromatic nitrogens is 2. The van der Waals surface area contributed by atoms with Gasteiger partial charge in [0.25, 0.3) is 0 Å². The molecule has 106 valence electrons. The van der Waals surface area contributed by atoms with Crippen LogP contribution in [0.2, 0.25) is 0 Å². The van der Waals surface area contributed by atoms with Crippen molar-refractivity contribution < 1.29 is 0 Å². The maximum atomic E-state index is 4.48. The van der Waals surface area contributed by atoms with E-state index in [0.29, 0.717) is 5.41 Å². The summed E-state index contributed by atoms with van der Waals surface area (Å²) in [5.41, 5.74) is 1.48. The minimum atomic E-state index is 0.412. The largest absolute Gasteiger partial charge is 0.369 e. The molecule has 1 aromatic heterocycles. The molecule has 0 spiro atoms. The standard InChI is InChI=1S/C15H26N4/c1-5-16-14-9-17-13(8-18-14)11-19-7-6-12(10-19)15(2,3)4/h8-9,12H,5-7,10-11H2,1-4H3,(H,16,18). The second-order valence-electron chi connectivity index (χ2n) is 6.51. The fourth-order valence-electron chi connectivity index (χ4n) is 2.62. The van der Waals surface area contributed by atoms with Gasteiger partial charge in [0.1, 0.15) is 5.82 Å². The molecule has 0 radical (unpaired) electrons. The first-order chi connectivity index (χ1) is 8.99. The maximum absolute atomic E-state index is 4.48. The lowest BCUT2D eigenvalue weighted by Gasteiger charge is -2.27. The molecule has 0 saturated carbocycles. The number of nitrogens with zero attached hydrogens (tertiary/aromatic N) is 3. The number of nitrogens with one attached hydrogen (secondary N) is 1. The topological polar surface area (TPSA) is 41.1 Å². The number of likely N-dealkylation sites (tertiary alicyclic amines) is 1. The number of hydrogen-bond acceptors (Lipinski definition) is 4. The third-order valence-corrected chi connectivity index (χ3v) is 3.95. The SMILES string of the molecule is CCNc1cnc(CN2CCC(C(C)(C)C)C2)cn1. The normalized spacial score (nSPS) is 20.7. The Morgan fingerprint density at radius 3 is 2.63 bits per heavy atom. The quantitative estimate of drug-likeness (QED) is 0.906. The van der Waals surface area contributed by atoms with E-state index >= 15 is 0 Å². The van der Waals surface area contributed by atoms with Crippen LogP contribution in [0.15, 0.2) is 12.4 Å². The van der Waals surface area contributed by atoms with Gasteiger partial charge in [0.05, 0.1) is 18.1 Å². The first-order valence-electron chi connectivity index (χ1n) is 7.26. The Hall–Kier alpha value is -1.16. The molecule has 1 aliphatic rings. The lowest BCUT2D eigenvalue weighted by molar-refractivity contribution is 0.225. The Kier molecular flexibility index (Phi) is 4.40. The van der Waals surface area contributed by atoms with E-state index in [2.05, 4.69) is 47.9 Å². The van der Waals surface area contributed by atoms with Gasteiger partial charge in [-0.05, 0) is 31.2 Å². The highest BCUT2D eigenvalue weighted by atomic mass is 15.2. The van der Waals surface area contributed by atoms with Crippen molar-refractivity contribution in [2.24, 2.45) is 11.3 Å². The molecule has 2 heterocycles. The van der Waals surface area contributed by atoms with E-state index in [1.807, 2.05) is 12.4 Å². The fraction of sp³-hybridized carbons (Fsp3) is 0.733. The second kappa shape index (κ2) is 5.87. The van der Waals surface area contributed by atoms with Crippen molar-refractivity contribution in [1.82, 2.24) is 14.9 Å². The molecule has 1 N–H and O–H groups in total. The summed E-state index contributed by atoms with van der Waals surface area (Å²) in [6, 6.07) is 0. The minimum absolute atomic E-state index is 0.412. The predicted molar refractivity (Wildman–Crippen MR) is 79.0 cm³/mol. The first kappa shape index (κ1) is 14.3. The highest BCUT2D eigenvalue weighted by Gasteiger charge is 2.31. The van der Waals surface area contributed by atoms with Crippen LogP contribution in [0, 0.1) is 11.3 Å². The lowest BCUT2D eigenvalue weighted by atomic mass is 9.80. The van der Waals surface area contributed by atoms with Crippen LogP contribution in [0.4, 0.5) is 5.82 Å². The Bertz CT molecular complexity index is 394. The zero-order chi connectivity index (χ0) is 13.9. The van der Waals surface area contributed by atoms with Crippen LogP contribution in [-0.2, 0) is 6.54 Å². The summed E-state index contributed by atoms with van der Waals surface area (Å²) in [6.45, 7) is 13.2. The van der Waals surface area contributed by atoms with E-state index in [0.717, 1.165) is 30.5 Å². The summed E-state index contributed by atoms with van der Waals surface area (Å²) in [5.74, 6) is 1.65. The number of hydrogen-bond donors (Lipinski definition) is 1. The minimum Gasteiger partial charge on any atom is -0.369 e. The molecule has 2 rings (SSSR count). The number of rotatable bonds is 4. The maximum Gasteiger partial charge on any atom is 0.144 e. The highest BCUT2D eigenvalue weighted by molar-refractivity contribution is 5.30.